The molecule has 0 saturated carbocycles. The second kappa shape index (κ2) is 5.69. The van der Waals surface area contributed by atoms with E-state index in [1.165, 1.54) is 5.56 Å². The van der Waals surface area contributed by atoms with Gasteiger partial charge in [0.25, 0.3) is 5.91 Å². The van der Waals surface area contributed by atoms with Crippen molar-refractivity contribution in [2.75, 3.05) is 20.1 Å². The van der Waals surface area contributed by atoms with Crippen LogP contribution in [-0.2, 0) is 13.6 Å². The molecule has 21 heavy (non-hydrogen) atoms. The molecular weight excluding hydrogens is 268 g/mol. The second-order valence-electron chi connectivity index (χ2n) is 5.52. The van der Waals surface area contributed by atoms with Crippen molar-refractivity contribution in [3.63, 3.8) is 0 Å². The van der Waals surface area contributed by atoms with E-state index in [9.17, 15) is 4.79 Å². The van der Waals surface area contributed by atoms with Gasteiger partial charge in [-0.25, -0.2) is 0 Å². The molecule has 1 amide bonds. The highest BCUT2D eigenvalue weighted by atomic mass is 16.1. The fourth-order valence-corrected chi connectivity index (χ4v) is 2.95. The number of rotatable bonds is 4. The van der Waals surface area contributed by atoms with Crippen LogP contribution in [0, 0.1) is 0 Å². The van der Waals surface area contributed by atoms with Crippen LogP contribution in [0.3, 0.4) is 0 Å². The molecule has 2 N–H and O–H groups in total. The SMILES string of the molecule is CNC(=O)c1cn[nH]c1[C@@H]1CCN(Cc2cnn(C)c2)C1. The van der Waals surface area contributed by atoms with Crippen molar-refractivity contribution in [1.82, 2.24) is 30.2 Å². The van der Waals surface area contributed by atoms with Crippen LogP contribution in [0.15, 0.2) is 18.6 Å². The highest BCUT2D eigenvalue weighted by Gasteiger charge is 2.28. The Hall–Kier alpha value is -2.15. The van der Waals surface area contributed by atoms with Gasteiger partial charge in [-0.05, 0) is 13.0 Å². The molecule has 1 saturated heterocycles. The molecule has 0 spiro atoms. The minimum Gasteiger partial charge on any atom is -0.355 e. The first-order valence-corrected chi connectivity index (χ1v) is 7.12. The molecule has 7 nitrogen and oxygen atoms in total. The lowest BCUT2D eigenvalue weighted by Crippen LogP contribution is -2.22. The van der Waals surface area contributed by atoms with E-state index < -0.39 is 0 Å². The molecule has 0 aliphatic carbocycles. The Morgan fingerprint density at radius 3 is 3.10 bits per heavy atom. The lowest BCUT2D eigenvalue weighted by atomic mass is 10.0. The fourth-order valence-electron chi connectivity index (χ4n) is 2.95. The average Bonchev–Trinajstić information content (AvgIpc) is 3.18. The van der Waals surface area contributed by atoms with Gasteiger partial charge >= 0.3 is 0 Å². The van der Waals surface area contributed by atoms with E-state index in [-0.39, 0.29) is 5.91 Å². The van der Waals surface area contributed by atoms with E-state index in [0.29, 0.717) is 11.5 Å². The number of nitrogens with one attached hydrogen (secondary N) is 2. The third-order valence-electron chi connectivity index (χ3n) is 3.99. The predicted molar refractivity (Wildman–Crippen MR) is 77.8 cm³/mol. The molecule has 0 unspecified atom stereocenters. The van der Waals surface area contributed by atoms with Crippen molar-refractivity contribution in [2.45, 2.75) is 18.9 Å². The van der Waals surface area contributed by atoms with E-state index in [1.54, 1.807) is 13.2 Å². The quantitative estimate of drug-likeness (QED) is 0.858. The fraction of sp³-hybridized carbons (Fsp3) is 0.500. The molecule has 7 heteroatoms. The number of hydrogen-bond acceptors (Lipinski definition) is 4. The minimum atomic E-state index is -0.0792. The largest absolute Gasteiger partial charge is 0.355 e. The molecule has 0 radical (unpaired) electrons. The first-order chi connectivity index (χ1) is 10.2. The highest BCUT2D eigenvalue weighted by Crippen LogP contribution is 2.28. The van der Waals surface area contributed by atoms with Gasteiger partial charge in [0.05, 0.1) is 23.7 Å². The van der Waals surface area contributed by atoms with E-state index in [1.807, 2.05) is 24.1 Å². The number of carbonyl (C=O) groups excluding carboxylic acids is 1. The number of aryl methyl sites for hydroxylation is 1. The van der Waals surface area contributed by atoms with Gasteiger partial charge in [-0.3, -0.25) is 19.5 Å². The summed E-state index contributed by atoms with van der Waals surface area (Å²) in [4.78, 5) is 14.2. The Kier molecular flexibility index (Phi) is 3.74. The van der Waals surface area contributed by atoms with Crippen LogP contribution in [-0.4, -0.2) is 50.9 Å². The maximum atomic E-state index is 11.8. The molecule has 1 atom stereocenters. The lowest BCUT2D eigenvalue weighted by Gasteiger charge is -2.14. The van der Waals surface area contributed by atoms with Crippen LogP contribution < -0.4 is 5.32 Å². The summed E-state index contributed by atoms with van der Waals surface area (Å²) in [5.74, 6) is 0.251. The number of hydrogen-bond donors (Lipinski definition) is 2. The third kappa shape index (κ3) is 2.82. The predicted octanol–water partition coefficient (Wildman–Crippen LogP) is 0.492. The number of nitrogens with zero attached hydrogens (tertiary/aromatic N) is 4. The average molecular weight is 288 g/mol. The van der Waals surface area contributed by atoms with Gasteiger partial charge in [-0.1, -0.05) is 0 Å². The Bertz CT molecular complexity index is 631. The number of likely N-dealkylation sites (tertiary alicyclic amines) is 1. The van der Waals surface area contributed by atoms with Crippen molar-refractivity contribution >= 4 is 5.91 Å². The zero-order chi connectivity index (χ0) is 14.8. The van der Waals surface area contributed by atoms with Crippen molar-refractivity contribution < 1.29 is 4.79 Å². The topological polar surface area (TPSA) is 78.8 Å². The van der Waals surface area contributed by atoms with Gasteiger partial charge in [0.2, 0.25) is 0 Å². The summed E-state index contributed by atoms with van der Waals surface area (Å²) in [7, 11) is 3.57. The van der Waals surface area contributed by atoms with Crippen LogP contribution in [0.1, 0.15) is 34.0 Å². The third-order valence-corrected chi connectivity index (χ3v) is 3.99. The molecular formula is C14H20N6O. The van der Waals surface area contributed by atoms with Crippen molar-refractivity contribution in [2.24, 2.45) is 7.05 Å². The molecule has 0 aromatic carbocycles. The van der Waals surface area contributed by atoms with Gasteiger partial charge in [-0.2, -0.15) is 10.2 Å². The molecule has 0 bridgehead atoms. The molecule has 112 valence electrons. The second-order valence-corrected chi connectivity index (χ2v) is 5.52. The summed E-state index contributed by atoms with van der Waals surface area (Å²) < 4.78 is 1.82. The first-order valence-electron chi connectivity index (χ1n) is 7.12. The molecule has 3 rings (SSSR count). The number of carbonyl (C=O) groups is 1. The Morgan fingerprint density at radius 2 is 2.38 bits per heavy atom. The maximum absolute atomic E-state index is 11.8. The molecule has 1 aliphatic rings. The van der Waals surface area contributed by atoms with E-state index >= 15 is 0 Å². The molecule has 2 aromatic heterocycles. The zero-order valence-electron chi connectivity index (χ0n) is 12.3. The van der Waals surface area contributed by atoms with Crippen molar-refractivity contribution in [3.05, 3.63) is 35.4 Å². The summed E-state index contributed by atoms with van der Waals surface area (Å²) >= 11 is 0. The van der Waals surface area contributed by atoms with Gasteiger partial charge in [-0.15, -0.1) is 0 Å². The number of aromatic nitrogens is 4. The smallest absolute Gasteiger partial charge is 0.254 e. The summed E-state index contributed by atoms with van der Waals surface area (Å²) in [5.41, 5.74) is 2.82. The summed E-state index contributed by atoms with van der Waals surface area (Å²) in [6, 6.07) is 0. The highest BCUT2D eigenvalue weighted by molar-refractivity contribution is 5.95. The Morgan fingerprint density at radius 1 is 1.52 bits per heavy atom. The number of aromatic amines is 1. The van der Waals surface area contributed by atoms with E-state index in [0.717, 1.165) is 31.7 Å². The van der Waals surface area contributed by atoms with Crippen LogP contribution in [0.5, 0.6) is 0 Å². The first kappa shape index (κ1) is 13.8. The molecule has 1 aliphatic heterocycles. The molecule has 3 heterocycles. The molecule has 1 fully saturated rings. The van der Waals surface area contributed by atoms with Gasteiger partial charge in [0, 0.05) is 44.9 Å². The summed E-state index contributed by atoms with van der Waals surface area (Å²) in [6.07, 6.45) is 6.59. The zero-order valence-corrected chi connectivity index (χ0v) is 12.3. The van der Waals surface area contributed by atoms with Crippen LogP contribution in [0.4, 0.5) is 0 Å². The Balaban J connectivity index is 1.67. The van der Waals surface area contributed by atoms with E-state index in [2.05, 4.69) is 25.5 Å². The maximum Gasteiger partial charge on any atom is 0.254 e. The standard InChI is InChI=1S/C14H20N6O/c1-15-14(21)12-6-16-18-13(12)11-3-4-20(9-11)8-10-5-17-19(2)7-10/h5-7,11H,3-4,8-9H2,1-2H3,(H,15,21)(H,16,18)/t11-/m1/s1. The van der Waals surface area contributed by atoms with Gasteiger partial charge in [0.1, 0.15) is 0 Å². The Labute approximate surface area is 123 Å². The summed E-state index contributed by atoms with van der Waals surface area (Å²) in [5, 5.41) is 13.9. The number of H-pyrrole nitrogens is 1. The van der Waals surface area contributed by atoms with Crippen LogP contribution in [0.25, 0.3) is 0 Å². The van der Waals surface area contributed by atoms with Gasteiger partial charge in [0.15, 0.2) is 0 Å². The minimum absolute atomic E-state index is 0.0792. The monoisotopic (exact) mass is 288 g/mol. The van der Waals surface area contributed by atoms with Crippen LogP contribution >= 0.6 is 0 Å². The lowest BCUT2D eigenvalue weighted by molar-refractivity contribution is 0.0961. The summed E-state index contributed by atoms with van der Waals surface area (Å²) in [6.45, 7) is 2.85. The molecule has 2 aromatic rings. The van der Waals surface area contributed by atoms with Crippen molar-refractivity contribution in [1.29, 1.82) is 0 Å². The number of amides is 1. The van der Waals surface area contributed by atoms with Crippen molar-refractivity contribution in [3.8, 4) is 0 Å². The normalized spacial score (nSPS) is 19.0. The van der Waals surface area contributed by atoms with Gasteiger partial charge < -0.3 is 5.32 Å². The van der Waals surface area contributed by atoms with E-state index in [4.69, 9.17) is 0 Å². The van der Waals surface area contributed by atoms with Crippen LogP contribution in [0.2, 0.25) is 0 Å².